The van der Waals surface area contributed by atoms with Gasteiger partial charge in [-0.2, -0.15) is 5.21 Å². The molecule has 6 rings (SSSR count). The number of H-pyrrole nitrogens is 1. The van der Waals surface area contributed by atoms with E-state index in [1.807, 2.05) is 42.5 Å². The van der Waals surface area contributed by atoms with Crippen molar-refractivity contribution in [2.45, 2.75) is 42.6 Å². The third-order valence-electron chi connectivity index (χ3n) is 6.76. The van der Waals surface area contributed by atoms with Gasteiger partial charge in [-0.3, -0.25) is 14.5 Å². The minimum atomic E-state index is -0.517. The van der Waals surface area contributed by atoms with Crippen molar-refractivity contribution in [1.29, 1.82) is 0 Å². The molecule has 3 aromatic heterocycles. The van der Waals surface area contributed by atoms with Gasteiger partial charge >= 0.3 is 0 Å². The van der Waals surface area contributed by atoms with Gasteiger partial charge in [0.25, 0.3) is 0 Å². The molecule has 1 atom stereocenters. The lowest BCUT2D eigenvalue weighted by Crippen LogP contribution is -2.27. The van der Waals surface area contributed by atoms with Gasteiger partial charge in [0.2, 0.25) is 5.82 Å². The summed E-state index contributed by atoms with van der Waals surface area (Å²) in [5.74, 6) is 1.58. The molecule has 0 aliphatic heterocycles. The molecule has 0 saturated heterocycles. The summed E-state index contributed by atoms with van der Waals surface area (Å²) in [4.78, 5) is 8.86. The van der Waals surface area contributed by atoms with Crippen molar-refractivity contribution < 1.29 is 4.39 Å². The summed E-state index contributed by atoms with van der Waals surface area (Å²) in [6.45, 7) is 4.22. The van der Waals surface area contributed by atoms with E-state index in [0.29, 0.717) is 28.6 Å². The zero-order valence-electron chi connectivity index (χ0n) is 21.1. The van der Waals surface area contributed by atoms with Crippen LogP contribution in [0.1, 0.15) is 43.3 Å². The summed E-state index contributed by atoms with van der Waals surface area (Å²) in [5.41, 5.74) is 3.86. The van der Waals surface area contributed by atoms with Crippen molar-refractivity contribution in [3.63, 3.8) is 0 Å². The topological polar surface area (TPSA) is 111 Å². The van der Waals surface area contributed by atoms with Crippen LogP contribution in [0.2, 0.25) is 5.02 Å². The van der Waals surface area contributed by atoms with E-state index < -0.39 is 5.41 Å². The molecule has 5 aromatic rings. The Morgan fingerprint density at radius 3 is 2.69 bits per heavy atom. The van der Waals surface area contributed by atoms with Crippen molar-refractivity contribution in [1.82, 2.24) is 45.4 Å². The molecular weight excluding hydrogens is 537 g/mol. The lowest BCUT2D eigenvalue weighted by molar-refractivity contribution is 0.469. The third-order valence-corrected chi connectivity index (χ3v) is 8.11. The molecule has 196 valence electrons. The average molecular weight is 560 g/mol. The highest BCUT2D eigenvalue weighted by Gasteiger charge is 2.33. The predicted molar refractivity (Wildman–Crippen MR) is 148 cm³/mol. The monoisotopic (exact) mass is 559 g/mol. The van der Waals surface area contributed by atoms with Crippen LogP contribution in [-0.2, 0) is 11.2 Å². The van der Waals surface area contributed by atoms with E-state index in [2.05, 4.69) is 59.2 Å². The number of allylic oxidation sites excluding steroid dienone is 4. The maximum atomic E-state index is 13.9. The van der Waals surface area contributed by atoms with Crippen molar-refractivity contribution in [3.05, 3.63) is 94.8 Å². The van der Waals surface area contributed by atoms with Gasteiger partial charge in [-0.1, -0.05) is 41.6 Å². The second-order valence-electron chi connectivity index (χ2n) is 9.65. The Morgan fingerprint density at radius 1 is 1.08 bits per heavy atom. The van der Waals surface area contributed by atoms with Gasteiger partial charge in [0.05, 0.1) is 22.1 Å². The molecule has 9 nitrogen and oxygen atoms in total. The lowest BCUT2D eigenvalue weighted by atomic mass is 9.83. The molecule has 3 heterocycles. The third kappa shape index (κ3) is 4.95. The van der Waals surface area contributed by atoms with Crippen LogP contribution in [0, 0.1) is 0 Å². The van der Waals surface area contributed by atoms with Gasteiger partial charge in [0.1, 0.15) is 11.7 Å². The van der Waals surface area contributed by atoms with E-state index in [9.17, 15) is 4.39 Å². The molecular formula is C27H23ClFN9S. The number of aromatic amines is 1. The van der Waals surface area contributed by atoms with Gasteiger partial charge in [0.15, 0.2) is 5.16 Å². The van der Waals surface area contributed by atoms with Crippen LogP contribution >= 0.6 is 23.4 Å². The van der Waals surface area contributed by atoms with Gasteiger partial charge in [-0.05, 0) is 73.0 Å². The first-order chi connectivity index (χ1) is 18.9. The molecule has 1 aliphatic rings. The maximum absolute atomic E-state index is 13.9. The van der Waals surface area contributed by atoms with E-state index in [0.717, 1.165) is 33.1 Å². The molecule has 0 spiro atoms. The predicted octanol–water partition coefficient (Wildman–Crippen LogP) is 6.03. The largest absolute Gasteiger partial charge is 0.298 e. The maximum Gasteiger partial charge on any atom is 0.206 e. The average Bonchev–Trinajstić information content (AvgIpc) is 3.64. The fraction of sp³-hybridized carbons (Fsp3) is 0.222. The Labute approximate surface area is 232 Å². The van der Waals surface area contributed by atoms with E-state index in [4.69, 9.17) is 11.6 Å². The number of hydrogen-bond acceptors (Lipinski definition) is 8. The minimum absolute atomic E-state index is 0.128. The first-order valence-corrected chi connectivity index (χ1v) is 13.6. The number of benzene rings is 2. The summed E-state index contributed by atoms with van der Waals surface area (Å²) in [5, 5.41) is 24.7. The highest BCUT2D eigenvalue weighted by Crippen LogP contribution is 2.38. The summed E-state index contributed by atoms with van der Waals surface area (Å²) >= 11 is 7.94. The van der Waals surface area contributed by atoms with Crippen LogP contribution in [0.4, 0.5) is 4.39 Å². The summed E-state index contributed by atoms with van der Waals surface area (Å²) in [7, 11) is 0. The van der Waals surface area contributed by atoms with Crippen LogP contribution in [-0.4, -0.2) is 45.4 Å². The van der Waals surface area contributed by atoms with Gasteiger partial charge in [-0.25, -0.2) is 4.39 Å². The Morgan fingerprint density at radius 2 is 1.92 bits per heavy atom. The number of aromatic nitrogens is 9. The van der Waals surface area contributed by atoms with Crippen molar-refractivity contribution in [2.24, 2.45) is 0 Å². The lowest BCUT2D eigenvalue weighted by Gasteiger charge is -2.29. The van der Waals surface area contributed by atoms with E-state index in [1.54, 1.807) is 30.2 Å². The number of rotatable bonds is 7. The van der Waals surface area contributed by atoms with Crippen molar-refractivity contribution in [3.8, 4) is 11.4 Å². The number of nitrogens with zero attached hydrogens (tertiary/aromatic N) is 8. The van der Waals surface area contributed by atoms with Gasteiger partial charge in [0, 0.05) is 29.1 Å². The van der Waals surface area contributed by atoms with Gasteiger partial charge in [-0.15, -0.1) is 20.4 Å². The Hall–Kier alpha value is -3.96. The van der Waals surface area contributed by atoms with Crippen LogP contribution < -0.4 is 0 Å². The Kier molecular flexibility index (Phi) is 6.69. The molecule has 39 heavy (non-hydrogen) atoms. The number of nitrogens with one attached hydrogen (secondary N) is 1. The van der Waals surface area contributed by atoms with Crippen molar-refractivity contribution >= 4 is 34.4 Å². The zero-order chi connectivity index (χ0) is 27.0. The highest BCUT2D eigenvalue weighted by molar-refractivity contribution is 7.98. The number of tetrazole rings is 1. The molecule has 1 unspecified atom stereocenters. The minimum Gasteiger partial charge on any atom is -0.298 e. The summed E-state index contributed by atoms with van der Waals surface area (Å²) < 4.78 is 16.0. The molecule has 0 saturated carbocycles. The standard InChI is InChI=1S/C27H23ClFN9S/c1-27(2,17-4-10-22-23(14-17)31-12-11-30-22)25-34-35-26(38(25)19-7-5-18(29)6-8-19)39-15-16-3-9-21(28)20(13-16)24-32-36-37-33-24/h3-7,9-14,19H,8,15H2,1-2H3,(H,32,33,36,37). The molecule has 1 aliphatic carbocycles. The SMILES string of the molecule is CC(C)(c1ccc2nccnc2c1)c1nnc(SCc2ccc(Cl)c(-c3nn[nH]n3)c2)n1C1C=CC(F)=CC1. The van der Waals surface area contributed by atoms with Crippen LogP contribution in [0.5, 0.6) is 0 Å². The molecule has 0 fully saturated rings. The fourth-order valence-corrected chi connectivity index (χ4v) is 5.75. The first kappa shape index (κ1) is 25.3. The Balaban J connectivity index is 1.36. The number of halogens is 2. The molecule has 1 N–H and O–H groups in total. The van der Waals surface area contributed by atoms with Crippen LogP contribution in [0.3, 0.4) is 0 Å². The molecule has 0 bridgehead atoms. The quantitative estimate of drug-likeness (QED) is 0.241. The Bertz CT molecular complexity index is 1710. The molecule has 12 heteroatoms. The van der Waals surface area contributed by atoms with E-state index in [-0.39, 0.29) is 11.9 Å². The first-order valence-electron chi connectivity index (χ1n) is 12.3. The van der Waals surface area contributed by atoms with E-state index in [1.165, 1.54) is 6.08 Å². The van der Waals surface area contributed by atoms with Crippen LogP contribution in [0.25, 0.3) is 22.4 Å². The number of fused-ring (bicyclic) bond motifs is 1. The molecule has 0 amide bonds. The summed E-state index contributed by atoms with van der Waals surface area (Å²) in [6.07, 6.45) is 8.83. The fourth-order valence-electron chi connectivity index (χ4n) is 4.61. The second kappa shape index (κ2) is 10.3. The normalized spacial score (nSPS) is 15.6. The number of thioether (sulfide) groups is 1. The second-order valence-corrected chi connectivity index (χ2v) is 11.0. The molecule has 0 radical (unpaired) electrons. The summed E-state index contributed by atoms with van der Waals surface area (Å²) in [6, 6.07) is 11.7. The highest BCUT2D eigenvalue weighted by atomic mass is 35.5. The molecule has 2 aromatic carbocycles. The van der Waals surface area contributed by atoms with Gasteiger partial charge < -0.3 is 0 Å². The van der Waals surface area contributed by atoms with E-state index >= 15 is 0 Å². The van der Waals surface area contributed by atoms with Crippen LogP contribution in [0.15, 0.2) is 78.0 Å². The number of hydrogen-bond donors (Lipinski definition) is 1. The zero-order valence-corrected chi connectivity index (χ0v) is 22.7. The smallest absolute Gasteiger partial charge is 0.206 e. The van der Waals surface area contributed by atoms with Crippen molar-refractivity contribution in [2.75, 3.05) is 0 Å².